The number of carbonyl (C=O) groups is 1. The molecule has 0 bridgehead atoms. The van der Waals surface area contributed by atoms with Crippen LogP contribution in [0, 0.1) is 0 Å². The zero-order valence-electron chi connectivity index (χ0n) is 16.9. The van der Waals surface area contributed by atoms with Gasteiger partial charge in [-0.3, -0.25) is 4.79 Å². The smallest absolute Gasteiger partial charge is 0.275 e. The molecule has 2 atom stereocenters. The van der Waals surface area contributed by atoms with Crippen LogP contribution in [0.25, 0.3) is 0 Å². The second-order valence-electron chi connectivity index (χ2n) is 7.61. The lowest BCUT2D eigenvalue weighted by Crippen LogP contribution is -3.08. The first-order chi connectivity index (χ1) is 13.1. The SMILES string of the molecule is CC(C)c1ccc(C[NH+](C)CC(=O)N[C@H](C)c2ccc(S(N)(=O)=O)cc2)cc1. The highest BCUT2D eigenvalue weighted by atomic mass is 32.2. The molecule has 4 N–H and O–H groups in total. The Hall–Kier alpha value is -2.22. The number of carbonyl (C=O) groups excluding carboxylic acids is 1. The van der Waals surface area contributed by atoms with Crippen molar-refractivity contribution >= 4 is 15.9 Å². The molecule has 0 saturated carbocycles. The lowest BCUT2D eigenvalue weighted by molar-refractivity contribution is -0.885. The van der Waals surface area contributed by atoms with E-state index < -0.39 is 10.0 Å². The fourth-order valence-electron chi connectivity index (χ4n) is 3.03. The normalized spacial score (nSPS) is 13.9. The van der Waals surface area contributed by atoms with E-state index in [2.05, 4.69) is 43.4 Å². The van der Waals surface area contributed by atoms with Crippen molar-refractivity contribution in [2.75, 3.05) is 13.6 Å². The quantitative estimate of drug-likeness (QED) is 0.620. The first-order valence-electron chi connectivity index (χ1n) is 9.38. The van der Waals surface area contributed by atoms with Crippen molar-refractivity contribution < 1.29 is 18.1 Å². The molecule has 0 aliphatic rings. The Kier molecular flexibility index (Phi) is 7.35. The number of nitrogens with two attached hydrogens (primary N) is 1. The van der Waals surface area contributed by atoms with Crippen molar-refractivity contribution in [3.63, 3.8) is 0 Å². The van der Waals surface area contributed by atoms with Crippen LogP contribution >= 0.6 is 0 Å². The Balaban J connectivity index is 1.88. The van der Waals surface area contributed by atoms with Crippen molar-refractivity contribution in [2.24, 2.45) is 5.14 Å². The van der Waals surface area contributed by atoms with Crippen LogP contribution in [0.5, 0.6) is 0 Å². The van der Waals surface area contributed by atoms with Gasteiger partial charge in [0.25, 0.3) is 5.91 Å². The number of quaternary nitrogens is 1. The number of hydrogen-bond acceptors (Lipinski definition) is 3. The van der Waals surface area contributed by atoms with Crippen LogP contribution < -0.4 is 15.4 Å². The van der Waals surface area contributed by atoms with Crippen molar-refractivity contribution in [3.05, 3.63) is 65.2 Å². The van der Waals surface area contributed by atoms with E-state index in [0.717, 1.165) is 17.0 Å². The summed E-state index contributed by atoms with van der Waals surface area (Å²) in [4.78, 5) is 13.5. The number of primary sulfonamides is 1. The summed E-state index contributed by atoms with van der Waals surface area (Å²) in [6.07, 6.45) is 0. The second-order valence-corrected chi connectivity index (χ2v) is 9.17. The van der Waals surface area contributed by atoms with Gasteiger partial charge in [0.15, 0.2) is 6.54 Å². The summed E-state index contributed by atoms with van der Waals surface area (Å²) in [5.41, 5.74) is 3.32. The molecule has 0 fully saturated rings. The van der Waals surface area contributed by atoms with Gasteiger partial charge in [-0.2, -0.15) is 0 Å². The third-order valence-corrected chi connectivity index (χ3v) is 5.63. The number of sulfonamides is 1. The Labute approximate surface area is 167 Å². The molecule has 1 amide bonds. The standard InChI is InChI=1S/C21H29N3O3S/c1-15(2)18-7-5-17(6-8-18)13-24(4)14-21(25)23-16(3)19-9-11-20(12-10-19)28(22,26)27/h5-12,15-16H,13-14H2,1-4H3,(H,23,25)(H2,22,26,27)/p+1/t16-/m1/s1. The van der Waals surface area contributed by atoms with Crippen LogP contribution in [0.15, 0.2) is 53.4 Å². The highest BCUT2D eigenvalue weighted by Gasteiger charge is 2.15. The van der Waals surface area contributed by atoms with Crippen LogP contribution in [0.4, 0.5) is 0 Å². The predicted molar refractivity (Wildman–Crippen MR) is 110 cm³/mol. The van der Waals surface area contributed by atoms with Crippen molar-refractivity contribution in [2.45, 2.75) is 44.2 Å². The summed E-state index contributed by atoms with van der Waals surface area (Å²) in [7, 11) is -1.72. The molecule has 0 aromatic heterocycles. The Morgan fingerprint density at radius 3 is 2.04 bits per heavy atom. The summed E-state index contributed by atoms with van der Waals surface area (Å²) in [5, 5.41) is 8.06. The van der Waals surface area contributed by atoms with E-state index in [9.17, 15) is 13.2 Å². The molecule has 0 spiro atoms. The number of likely N-dealkylation sites (N-methyl/N-ethyl adjacent to an activating group) is 1. The summed E-state index contributed by atoms with van der Waals surface area (Å²) < 4.78 is 22.6. The average Bonchev–Trinajstić information content (AvgIpc) is 2.61. The zero-order chi connectivity index (χ0) is 20.9. The number of amides is 1. The van der Waals surface area contributed by atoms with Crippen molar-refractivity contribution in [1.29, 1.82) is 0 Å². The minimum absolute atomic E-state index is 0.0562. The number of nitrogens with one attached hydrogen (secondary N) is 2. The number of rotatable bonds is 8. The first kappa shape index (κ1) is 22.1. The molecular formula is C21H30N3O3S+. The first-order valence-corrected chi connectivity index (χ1v) is 10.9. The molecule has 0 heterocycles. The van der Waals surface area contributed by atoms with Gasteiger partial charge >= 0.3 is 0 Å². The van der Waals surface area contributed by atoms with Gasteiger partial charge in [-0.15, -0.1) is 0 Å². The van der Waals surface area contributed by atoms with Crippen LogP contribution in [0.1, 0.15) is 49.4 Å². The predicted octanol–water partition coefficient (Wildman–Crippen LogP) is 1.35. The summed E-state index contributed by atoms with van der Waals surface area (Å²) in [6, 6.07) is 14.5. The maximum atomic E-state index is 12.3. The highest BCUT2D eigenvalue weighted by Crippen LogP contribution is 2.15. The molecule has 152 valence electrons. The van der Waals surface area contributed by atoms with Gasteiger partial charge in [-0.1, -0.05) is 50.2 Å². The van der Waals surface area contributed by atoms with E-state index in [-0.39, 0.29) is 16.8 Å². The molecule has 7 heteroatoms. The summed E-state index contributed by atoms with van der Waals surface area (Å²) in [5.74, 6) is 0.449. The van der Waals surface area contributed by atoms with E-state index in [4.69, 9.17) is 5.14 Å². The molecule has 1 unspecified atom stereocenters. The third-order valence-electron chi connectivity index (χ3n) is 4.70. The molecule has 0 aliphatic carbocycles. The van der Waals surface area contributed by atoms with Crippen molar-refractivity contribution in [3.8, 4) is 0 Å². The third kappa shape index (κ3) is 6.44. The Morgan fingerprint density at radius 1 is 1.00 bits per heavy atom. The lowest BCUT2D eigenvalue weighted by Gasteiger charge is -2.18. The van der Waals surface area contributed by atoms with Gasteiger partial charge < -0.3 is 10.2 Å². The van der Waals surface area contributed by atoms with Gasteiger partial charge in [-0.05, 0) is 36.1 Å². The second kappa shape index (κ2) is 9.32. The van der Waals surface area contributed by atoms with Gasteiger partial charge in [0, 0.05) is 5.56 Å². The fourth-order valence-corrected chi connectivity index (χ4v) is 3.54. The van der Waals surface area contributed by atoms with Gasteiger partial charge in [0.05, 0.1) is 18.0 Å². The molecular weight excluding hydrogens is 374 g/mol. The average molecular weight is 405 g/mol. The Bertz CT molecular complexity index is 891. The molecule has 2 rings (SSSR count). The van der Waals surface area contributed by atoms with Gasteiger partial charge in [0.1, 0.15) is 6.54 Å². The molecule has 28 heavy (non-hydrogen) atoms. The maximum absolute atomic E-state index is 12.3. The lowest BCUT2D eigenvalue weighted by atomic mass is 10.0. The zero-order valence-corrected chi connectivity index (χ0v) is 17.7. The number of benzene rings is 2. The van der Waals surface area contributed by atoms with Crippen molar-refractivity contribution in [1.82, 2.24) is 5.32 Å². The topological polar surface area (TPSA) is 93.7 Å². The highest BCUT2D eigenvalue weighted by molar-refractivity contribution is 7.89. The van der Waals surface area contributed by atoms with E-state index in [1.54, 1.807) is 12.1 Å². The minimum Gasteiger partial charge on any atom is -0.345 e. The van der Waals surface area contributed by atoms with Gasteiger partial charge in [0.2, 0.25) is 10.0 Å². The molecule has 2 aromatic carbocycles. The summed E-state index contributed by atoms with van der Waals surface area (Å²) in [6.45, 7) is 7.32. The summed E-state index contributed by atoms with van der Waals surface area (Å²) >= 11 is 0. The fraction of sp³-hybridized carbons (Fsp3) is 0.381. The minimum atomic E-state index is -3.71. The van der Waals surface area contributed by atoms with E-state index in [0.29, 0.717) is 12.5 Å². The van der Waals surface area contributed by atoms with E-state index in [1.165, 1.54) is 23.3 Å². The van der Waals surface area contributed by atoms with Gasteiger partial charge in [-0.25, -0.2) is 13.6 Å². The molecule has 2 aromatic rings. The van der Waals surface area contributed by atoms with E-state index >= 15 is 0 Å². The molecule has 0 radical (unpaired) electrons. The van der Waals surface area contributed by atoms with Crippen LogP contribution in [-0.4, -0.2) is 27.9 Å². The Morgan fingerprint density at radius 2 is 1.54 bits per heavy atom. The largest absolute Gasteiger partial charge is 0.345 e. The molecule has 0 saturated heterocycles. The van der Waals surface area contributed by atoms with E-state index in [1.807, 2.05) is 14.0 Å². The maximum Gasteiger partial charge on any atom is 0.275 e. The number of hydrogen-bond donors (Lipinski definition) is 3. The van der Waals surface area contributed by atoms with Crippen LogP contribution in [0.3, 0.4) is 0 Å². The van der Waals surface area contributed by atoms with Crippen LogP contribution in [0.2, 0.25) is 0 Å². The molecule has 0 aliphatic heterocycles. The monoisotopic (exact) mass is 404 g/mol. The van der Waals surface area contributed by atoms with Crippen LogP contribution in [-0.2, 0) is 21.4 Å². The molecule has 6 nitrogen and oxygen atoms in total.